The fraction of sp³-hybridized carbons (Fsp3) is 0.941. The van der Waals surface area contributed by atoms with Gasteiger partial charge in [0, 0.05) is 6.42 Å². The molecule has 1 aliphatic rings. The lowest BCUT2D eigenvalue weighted by atomic mass is 9.92. The van der Waals surface area contributed by atoms with Crippen LogP contribution in [-0.4, -0.2) is 6.29 Å². The maximum atomic E-state index is 10.7. The smallest absolute Gasteiger partial charge is 0.120 e. The first kappa shape index (κ1) is 15.7. The lowest BCUT2D eigenvalue weighted by molar-refractivity contribution is -0.108. The Morgan fingerprint density at radius 2 is 0.944 bits per heavy atom. The standard InChI is InChI=1S/C17H32O/c18-16-15-17-13-11-9-7-5-3-1-2-4-6-8-10-12-14-17/h16-17H,1-15H2. The van der Waals surface area contributed by atoms with Gasteiger partial charge in [0.25, 0.3) is 0 Å². The van der Waals surface area contributed by atoms with Gasteiger partial charge < -0.3 is 4.79 Å². The van der Waals surface area contributed by atoms with Crippen LogP contribution in [0.4, 0.5) is 0 Å². The molecule has 0 aromatic carbocycles. The predicted octanol–water partition coefficient (Wildman–Crippen LogP) is 5.67. The summed E-state index contributed by atoms with van der Waals surface area (Å²) in [5, 5.41) is 0. The lowest BCUT2D eigenvalue weighted by Gasteiger charge is -2.13. The molecular formula is C17H32O. The maximum Gasteiger partial charge on any atom is 0.120 e. The molecule has 0 heterocycles. The number of rotatable bonds is 2. The van der Waals surface area contributed by atoms with E-state index in [1.165, 1.54) is 89.9 Å². The SMILES string of the molecule is O=CCC1CCCCCCCCCCCCCC1. The number of aldehydes is 1. The minimum Gasteiger partial charge on any atom is -0.303 e. The Morgan fingerprint density at radius 1 is 0.611 bits per heavy atom. The van der Waals surface area contributed by atoms with Gasteiger partial charge in [-0.05, 0) is 5.92 Å². The van der Waals surface area contributed by atoms with E-state index in [1.807, 2.05) is 0 Å². The number of carbonyl (C=O) groups is 1. The van der Waals surface area contributed by atoms with Crippen LogP contribution in [0.15, 0.2) is 0 Å². The molecule has 0 atom stereocenters. The summed E-state index contributed by atoms with van der Waals surface area (Å²) in [5.74, 6) is 0.688. The molecule has 0 aliphatic heterocycles. The molecule has 1 nitrogen and oxygen atoms in total. The monoisotopic (exact) mass is 252 g/mol. The van der Waals surface area contributed by atoms with Crippen LogP contribution < -0.4 is 0 Å². The molecule has 1 saturated carbocycles. The summed E-state index contributed by atoms with van der Waals surface area (Å²) in [6.07, 6.45) is 21.5. The Balaban J connectivity index is 2.22. The van der Waals surface area contributed by atoms with Crippen molar-refractivity contribution in [1.29, 1.82) is 0 Å². The second kappa shape index (κ2) is 11.7. The van der Waals surface area contributed by atoms with Crippen molar-refractivity contribution in [2.45, 2.75) is 96.3 Å². The third-order valence-corrected chi connectivity index (χ3v) is 4.40. The van der Waals surface area contributed by atoms with E-state index in [9.17, 15) is 4.79 Å². The van der Waals surface area contributed by atoms with Gasteiger partial charge in [-0.1, -0.05) is 89.9 Å². The Labute approximate surface area is 114 Å². The quantitative estimate of drug-likeness (QED) is 0.579. The number of carbonyl (C=O) groups excluding carboxylic acids is 1. The molecule has 1 fully saturated rings. The highest BCUT2D eigenvalue weighted by molar-refractivity contribution is 5.49. The number of hydrogen-bond donors (Lipinski definition) is 0. The van der Waals surface area contributed by atoms with Crippen LogP contribution in [0.2, 0.25) is 0 Å². The molecule has 1 rings (SSSR count). The van der Waals surface area contributed by atoms with Crippen LogP contribution in [0.5, 0.6) is 0 Å². The van der Waals surface area contributed by atoms with Gasteiger partial charge in [-0.15, -0.1) is 0 Å². The highest BCUT2D eigenvalue weighted by Gasteiger charge is 2.08. The van der Waals surface area contributed by atoms with Crippen LogP contribution in [0, 0.1) is 5.92 Å². The van der Waals surface area contributed by atoms with Crippen molar-refractivity contribution in [3.8, 4) is 0 Å². The van der Waals surface area contributed by atoms with E-state index < -0.39 is 0 Å². The largest absolute Gasteiger partial charge is 0.303 e. The molecule has 0 unspecified atom stereocenters. The minimum atomic E-state index is 0.688. The fourth-order valence-corrected chi connectivity index (χ4v) is 3.15. The molecule has 0 N–H and O–H groups in total. The van der Waals surface area contributed by atoms with Crippen molar-refractivity contribution in [2.75, 3.05) is 0 Å². The summed E-state index contributed by atoms with van der Waals surface area (Å²) in [4.78, 5) is 10.7. The van der Waals surface area contributed by atoms with Gasteiger partial charge in [-0.25, -0.2) is 0 Å². The van der Waals surface area contributed by atoms with Gasteiger partial charge in [0.15, 0.2) is 0 Å². The topological polar surface area (TPSA) is 17.1 Å². The van der Waals surface area contributed by atoms with E-state index in [0.29, 0.717) is 5.92 Å². The maximum absolute atomic E-state index is 10.7. The van der Waals surface area contributed by atoms with Crippen LogP contribution in [0.25, 0.3) is 0 Å². The Morgan fingerprint density at radius 3 is 1.28 bits per heavy atom. The first-order valence-electron chi connectivity index (χ1n) is 8.37. The van der Waals surface area contributed by atoms with Crippen LogP contribution in [-0.2, 0) is 4.79 Å². The zero-order valence-corrected chi connectivity index (χ0v) is 12.2. The van der Waals surface area contributed by atoms with Gasteiger partial charge in [-0.2, -0.15) is 0 Å². The van der Waals surface area contributed by atoms with E-state index in [0.717, 1.165) is 12.7 Å². The van der Waals surface area contributed by atoms with Gasteiger partial charge in [-0.3, -0.25) is 0 Å². The summed E-state index contributed by atoms with van der Waals surface area (Å²) >= 11 is 0. The van der Waals surface area contributed by atoms with Gasteiger partial charge in [0.1, 0.15) is 6.29 Å². The first-order chi connectivity index (χ1) is 8.93. The van der Waals surface area contributed by atoms with Crippen LogP contribution in [0.1, 0.15) is 96.3 Å². The Kier molecular flexibility index (Phi) is 10.3. The van der Waals surface area contributed by atoms with Crippen molar-refractivity contribution in [1.82, 2.24) is 0 Å². The van der Waals surface area contributed by atoms with Crippen molar-refractivity contribution < 1.29 is 4.79 Å². The molecule has 1 heteroatoms. The second-order valence-electron chi connectivity index (χ2n) is 6.09. The second-order valence-corrected chi connectivity index (χ2v) is 6.09. The summed E-state index contributed by atoms with van der Waals surface area (Å²) < 4.78 is 0. The molecule has 0 saturated heterocycles. The molecule has 18 heavy (non-hydrogen) atoms. The normalized spacial score (nSPS) is 22.9. The molecule has 106 valence electrons. The average Bonchev–Trinajstić information content (AvgIpc) is 2.39. The minimum absolute atomic E-state index is 0.688. The Bertz CT molecular complexity index is 172. The van der Waals surface area contributed by atoms with E-state index >= 15 is 0 Å². The highest BCUT2D eigenvalue weighted by Crippen LogP contribution is 2.22. The number of hydrogen-bond acceptors (Lipinski definition) is 1. The summed E-state index contributed by atoms with van der Waals surface area (Å²) in [5.41, 5.74) is 0. The van der Waals surface area contributed by atoms with Gasteiger partial charge in [0.05, 0.1) is 0 Å². The first-order valence-corrected chi connectivity index (χ1v) is 8.37. The zero-order chi connectivity index (χ0) is 12.9. The van der Waals surface area contributed by atoms with Crippen LogP contribution >= 0.6 is 0 Å². The van der Waals surface area contributed by atoms with Crippen molar-refractivity contribution in [3.63, 3.8) is 0 Å². The van der Waals surface area contributed by atoms with Gasteiger partial charge >= 0.3 is 0 Å². The van der Waals surface area contributed by atoms with Crippen molar-refractivity contribution in [2.24, 2.45) is 5.92 Å². The molecule has 0 radical (unpaired) electrons. The molecule has 0 aromatic heterocycles. The lowest BCUT2D eigenvalue weighted by Crippen LogP contribution is -2.01. The van der Waals surface area contributed by atoms with Crippen molar-refractivity contribution in [3.05, 3.63) is 0 Å². The third-order valence-electron chi connectivity index (χ3n) is 4.40. The summed E-state index contributed by atoms with van der Waals surface area (Å²) in [6, 6.07) is 0. The zero-order valence-electron chi connectivity index (χ0n) is 12.2. The van der Waals surface area contributed by atoms with Gasteiger partial charge in [0.2, 0.25) is 0 Å². The predicted molar refractivity (Wildman–Crippen MR) is 78.8 cm³/mol. The van der Waals surface area contributed by atoms with E-state index in [1.54, 1.807) is 0 Å². The van der Waals surface area contributed by atoms with Crippen LogP contribution in [0.3, 0.4) is 0 Å². The van der Waals surface area contributed by atoms with E-state index in [2.05, 4.69) is 0 Å². The molecular weight excluding hydrogens is 220 g/mol. The van der Waals surface area contributed by atoms with Crippen molar-refractivity contribution >= 4 is 6.29 Å². The average molecular weight is 252 g/mol. The molecule has 0 spiro atoms. The molecule has 0 bridgehead atoms. The summed E-state index contributed by atoms with van der Waals surface area (Å²) in [6.45, 7) is 0. The van der Waals surface area contributed by atoms with E-state index in [-0.39, 0.29) is 0 Å². The summed E-state index contributed by atoms with van der Waals surface area (Å²) in [7, 11) is 0. The van der Waals surface area contributed by atoms with E-state index in [4.69, 9.17) is 0 Å². The Hall–Kier alpha value is -0.330. The fourth-order valence-electron chi connectivity index (χ4n) is 3.15. The third kappa shape index (κ3) is 8.72. The molecule has 0 amide bonds. The highest BCUT2D eigenvalue weighted by atomic mass is 16.1. The molecule has 1 aliphatic carbocycles. The molecule has 0 aromatic rings.